The Labute approximate surface area is 72.5 Å². The molecule has 0 aliphatic heterocycles. The second-order valence-corrected chi connectivity index (χ2v) is 0. The maximum absolute atomic E-state index is 6.25. The average molecular weight is 227 g/mol. The average Bonchev–Trinajstić information content (AvgIpc) is 1.81. The van der Waals surface area contributed by atoms with E-state index in [2.05, 4.69) is 13.8 Å². The zero-order chi connectivity index (χ0) is 6.00. The van der Waals surface area contributed by atoms with Crippen LogP contribution in [-0.2, 0) is 20.4 Å². The van der Waals surface area contributed by atoms with Crippen molar-refractivity contribution in [1.82, 2.24) is 0 Å². The van der Waals surface area contributed by atoms with E-state index < -0.39 is 0 Å². The van der Waals surface area contributed by atoms with E-state index in [0.29, 0.717) is 0 Å². The number of hydrogen-bond donors (Lipinski definition) is 0. The van der Waals surface area contributed by atoms with Crippen molar-refractivity contribution >= 4 is 12.4 Å². The van der Waals surface area contributed by atoms with E-state index >= 15 is 0 Å². The molecule has 0 aliphatic rings. The number of halogens is 1. The van der Waals surface area contributed by atoms with Crippen molar-refractivity contribution in [3.8, 4) is 0 Å². The van der Waals surface area contributed by atoms with Crippen molar-refractivity contribution in [2.24, 2.45) is 0 Å². The van der Waals surface area contributed by atoms with Gasteiger partial charge in [0.2, 0.25) is 0 Å². The van der Waals surface area contributed by atoms with E-state index in [1.807, 2.05) is 0 Å². The second kappa shape index (κ2) is 1580. The molecule has 0 rings (SSSR count). The van der Waals surface area contributed by atoms with Crippen LogP contribution < -0.4 is 0 Å². The minimum atomic E-state index is 0. The standard InChI is InChI=1S/2C2H5.CN.ClH.Pd/c3*1-2;;/h2*1H2,2H3;;1H;/q3*-1;;. The van der Waals surface area contributed by atoms with Crippen LogP contribution in [0.1, 0.15) is 13.8 Å². The molecule has 0 amide bonds. The van der Waals surface area contributed by atoms with E-state index in [9.17, 15) is 0 Å². The molecule has 0 aliphatic carbocycles. The molecule has 0 fully saturated rings. The molecular formula is C5H11ClNPd-3. The van der Waals surface area contributed by atoms with Crippen molar-refractivity contribution in [2.45, 2.75) is 13.8 Å². The molecule has 0 radical (unpaired) electrons. The zero-order valence-corrected chi connectivity index (χ0v) is 7.46. The molecule has 0 unspecified atom stereocenters. The molecular weight excluding hydrogens is 216 g/mol. The fourth-order valence-electron chi connectivity index (χ4n) is 0. The molecule has 0 aromatic carbocycles. The Balaban J connectivity index is -0.00000000500. The van der Waals surface area contributed by atoms with E-state index in [4.69, 9.17) is 11.8 Å². The van der Waals surface area contributed by atoms with E-state index in [1.165, 1.54) is 0 Å². The van der Waals surface area contributed by atoms with Crippen LogP contribution in [0.2, 0.25) is 0 Å². The van der Waals surface area contributed by atoms with Gasteiger partial charge in [-0.2, -0.15) is 13.8 Å². The van der Waals surface area contributed by atoms with Crippen LogP contribution in [0.3, 0.4) is 0 Å². The molecule has 56 valence electrons. The van der Waals surface area contributed by atoms with Crippen molar-refractivity contribution < 1.29 is 20.4 Å². The quantitative estimate of drug-likeness (QED) is 0.459. The third kappa shape index (κ3) is 975. The van der Waals surface area contributed by atoms with E-state index in [-0.39, 0.29) is 32.8 Å². The molecule has 0 spiro atoms. The van der Waals surface area contributed by atoms with Crippen molar-refractivity contribution in [1.29, 1.82) is 5.26 Å². The Hall–Kier alpha value is 0.442. The smallest absolute Gasteiger partial charge is 0 e. The number of hydrogen-bond acceptors (Lipinski definition) is 1. The van der Waals surface area contributed by atoms with Crippen LogP contribution in [0.4, 0.5) is 0 Å². The molecule has 0 bridgehead atoms. The first-order chi connectivity index (χ1) is 3.00. The first-order valence-corrected chi connectivity index (χ1v) is 1.64. The van der Waals surface area contributed by atoms with Gasteiger partial charge in [-0.1, -0.05) is 0 Å². The van der Waals surface area contributed by atoms with Gasteiger partial charge in [0, 0.05) is 20.4 Å². The molecule has 1 nitrogen and oxygen atoms in total. The first kappa shape index (κ1) is 39.5. The second-order valence-electron chi connectivity index (χ2n) is 0. The molecule has 0 N–H and O–H groups in total. The maximum atomic E-state index is 6.25. The number of rotatable bonds is 0. The molecule has 0 atom stereocenters. The third-order valence-corrected chi connectivity index (χ3v) is 0. The summed E-state index contributed by atoms with van der Waals surface area (Å²) in [6, 6.07) is 0. The SMILES string of the molecule is Cl.[C-]#N.[CH2-]C.[CH2-]C.[Pd]. The topological polar surface area (TPSA) is 23.8 Å². The Morgan fingerprint density at radius 2 is 1.00 bits per heavy atom. The molecule has 3 heteroatoms. The van der Waals surface area contributed by atoms with Gasteiger partial charge in [0.25, 0.3) is 0 Å². The summed E-state index contributed by atoms with van der Waals surface area (Å²) < 4.78 is 0. The molecule has 0 saturated carbocycles. The van der Waals surface area contributed by atoms with Crippen LogP contribution in [-0.4, -0.2) is 0 Å². The van der Waals surface area contributed by atoms with Gasteiger partial charge >= 0.3 is 0 Å². The summed E-state index contributed by atoms with van der Waals surface area (Å²) in [5.74, 6) is 0. The van der Waals surface area contributed by atoms with Gasteiger partial charge in [0.15, 0.2) is 0 Å². The summed E-state index contributed by atoms with van der Waals surface area (Å²) >= 11 is 0. The summed E-state index contributed by atoms with van der Waals surface area (Å²) in [4.78, 5) is 0. The Morgan fingerprint density at radius 1 is 1.00 bits per heavy atom. The monoisotopic (exact) mass is 226 g/mol. The van der Waals surface area contributed by atoms with Crippen molar-refractivity contribution in [3.05, 3.63) is 20.4 Å². The van der Waals surface area contributed by atoms with Gasteiger partial charge in [-0.05, 0) is 0 Å². The minimum absolute atomic E-state index is 0. The van der Waals surface area contributed by atoms with Crippen molar-refractivity contribution in [3.63, 3.8) is 0 Å². The molecule has 0 saturated heterocycles. The van der Waals surface area contributed by atoms with Gasteiger partial charge in [0.1, 0.15) is 0 Å². The van der Waals surface area contributed by atoms with Crippen LogP contribution in [0.25, 0.3) is 0 Å². The van der Waals surface area contributed by atoms with Gasteiger partial charge in [-0.3, -0.25) is 0 Å². The number of nitrogens with zero attached hydrogens (tertiary/aromatic N) is 1. The van der Waals surface area contributed by atoms with Crippen LogP contribution >= 0.6 is 12.4 Å². The molecule has 0 aromatic heterocycles. The summed E-state index contributed by atoms with van der Waals surface area (Å²) in [6.45, 7) is 14.8. The fourth-order valence-corrected chi connectivity index (χ4v) is 0. The minimum Gasteiger partial charge on any atom is -0.512 e. The molecule has 0 heterocycles. The fraction of sp³-hybridized carbons (Fsp3) is 0.400. The molecule has 0 aromatic rings. The van der Waals surface area contributed by atoms with E-state index in [1.54, 1.807) is 13.8 Å². The van der Waals surface area contributed by atoms with Crippen LogP contribution in [0.5, 0.6) is 0 Å². The first-order valence-electron chi connectivity index (χ1n) is 1.64. The predicted octanol–water partition coefficient (Wildman–Crippen LogP) is 2.20. The molecule has 8 heavy (non-hydrogen) atoms. The van der Waals surface area contributed by atoms with Gasteiger partial charge < -0.3 is 25.7 Å². The zero-order valence-electron chi connectivity index (χ0n) is 5.09. The Morgan fingerprint density at radius 3 is 1.00 bits per heavy atom. The largest absolute Gasteiger partial charge is 0.512 e. The summed E-state index contributed by atoms with van der Waals surface area (Å²) in [5, 5.41) is 6.25. The van der Waals surface area contributed by atoms with E-state index in [0.717, 1.165) is 0 Å². The summed E-state index contributed by atoms with van der Waals surface area (Å²) in [5.41, 5.74) is 0. The maximum Gasteiger partial charge on any atom is 0 e. The Kier molecular flexibility index (Phi) is 7790. The predicted molar refractivity (Wildman–Crippen MR) is 34.3 cm³/mol. The summed E-state index contributed by atoms with van der Waals surface area (Å²) in [6.07, 6.45) is 0. The summed E-state index contributed by atoms with van der Waals surface area (Å²) in [7, 11) is 0. The van der Waals surface area contributed by atoms with Crippen LogP contribution in [0, 0.1) is 25.7 Å². The van der Waals surface area contributed by atoms with Crippen molar-refractivity contribution in [2.75, 3.05) is 0 Å². The Bertz CT molecular complexity index is 17.1. The van der Waals surface area contributed by atoms with Gasteiger partial charge in [-0.15, -0.1) is 12.4 Å². The normalized spacial score (nSPS) is 1.75. The van der Waals surface area contributed by atoms with Gasteiger partial charge in [0.05, 0.1) is 0 Å². The van der Waals surface area contributed by atoms with Crippen LogP contribution in [0.15, 0.2) is 0 Å². The van der Waals surface area contributed by atoms with Gasteiger partial charge in [-0.25, -0.2) is 0 Å². The third-order valence-electron chi connectivity index (χ3n) is 0.